The lowest BCUT2D eigenvalue weighted by atomic mass is 9.84. The fourth-order valence-corrected chi connectivity index (χ4v) is 10.4. The van der Waals surface area contributed by atoms with Gasteiger partial charge in [0, 0.05) is 31.1 Å². The van der Waals surface area contributed by atoms with Gasteiger partial charge >= 0.3 is 0 Å². The van der Waals surface area contributed by atoms with Gasteiger partial charge < -0.3 is 0 Å². The molecule has 3 heteroatoms. The average Bonchev–Trinajstić information content (AvgIpc) is 3.87. The molecule has 58 heavy (non-hydrogen) atoms. The van der Waals surface area contributed by atoms with E-state index in [4.69, 9.17) is 4.98 Å². The number of hydrogen-bond donors (Lipinski definition) is 0. The zero-order chi connectivity index (χ0) is 38.2. The highest BCUT2D eigenvalue weighted by atomic mass is 32.1. The molecule has 12 aromatic rings. The summed E-state index contributed by atoms with van der Waals surface area (Å²) in [6.07, 6.45) is 0. The zero-order valence-electron chi connectivity index (χ0n) is 31.4. The monoisotopic (exact) mass is 754 g/mol. The van der Waals surface area contributed by atoms with Crippen LogP contribution >= 0.6 is 11.3 Å². The van der Waals surface area contributed by atoms with Crippen molar-refractivity contribution in [3.63, 3.8) is 0 Å². The minimum Gasteiger partial charge on any atom is -0.292 e. The molecule has 0 aliphatic carbocycles. The summed E-state index contributed by atoms with van der Waals surface area (Å²) in [4.78, 5) is 5.26. The number of fused-ring (bicyclic) bond motifs is 7. The van der Waals surface area contributed by atoms with E-state index in [2.05, 4.69) is 211 Å². The van der Waals surface area contributed by atoms with Crippen LogP contribution in [0.1, 0.15) is 0 Å². The molecular weight excluding hydrogens is 721 g/mol. The first kappa shape index (κ1) is 32.9. The lowest BCUT2D eigenvalue weighted by Crippen LogP contribution is -1.99. The third-order valence-electron chi connectivity index (χ3n) is 11.8. The molecule has 270 valence electrons. The molecule has 2 aromatic heterocycles. The van der Waals surface area contributed by atoms with Gasteiger partial charge in [-0.25, -0.2) is 4.98 Å². The van der Waals surface area contributed by atoms with Crippen LogP contribution in [0.5, 0.6) is 0 Å². The number of thiophene rings is 1. The predicted molar refractivity (Wildman–Crippen MR) is 248 cm³/mol. The van der Waals surface area contributed by atoms with Crippen LogP contribution in [-0.4, -0.2) is 9.55 Å². The lowest BCUT2D eigenvalue weighted by molar-refractivity contribution is 1.11. The van der Waals surface area contributed by atoms with E-state index in [0.717, 1.165) is 28.1 Å². The number of aromatic nitrogens is 2. The first-order valence-corrected chi connectivity index (χ1v) is 20.6. The van der Waals surface area contributed by atoms with E-state index in [1.165, 1.54) is 85.9 Å². The molecule has 0 radical (unpaired) electrons. The maximum Gasteiger partial charge on any atom is 0.145 e. The minimum absolute atomic E-state index is 0.928. The molecule has 2 nitrogen and oxygen atoms in total. The second-order valence-electron chi connectivity index (χ2n) is 15.0. The Labute approximate surface area is 339 Å². The van der Waals surface area contributed by atoms with Gasteiger partial charge in [-0.2, -0.15) is 0 Å². The standard InChI is InChI=1S/C55H34N2S/c1-2-14-35(15-3-1)39-32-33-43-46(34-39)53(45-22-13-27-51-54(45)44-21-8-11-26-50(44)58-51)42-20-7-6-19-41(42)52(43)37-28-30-38(31-29-37)55-56-47-23-9-10-24-49(47)57(55)48-25-12-17-36-16-4-5-18-40(36)48/h1-34H. The van der Waals surface area contributed by atoms with Gasteiger partial charge in [-0.3, -0.25) is 4.57 Å². The zero-order valence-corrected chi connectivity index (χ0v) is 32.2. The van der Waals surface area contributed by atoms with E-state index in [0.29, 0.717) is 0 Å². The largest absolute Gasteiger partial charge is 0.292 e. The Hall–Kier alpha value is -7.33. The summed E-state index contributed by atoms with van der Waals surface area (Å²) in [7, 11) is 0. The van der Waals surface area contributed by atoms with E-state index in [-0.39, 0.29) is 0 Å². The molecule has 0 N–H and O–H groups in total. The molecule has 0 bridgehead atoms. The quantitative estimate of drug-likeness (QED) is 0.160. The van der Waals surface area contributed by atoms with Gasteiger partial charge in [0.1, 0.15) is 5.82 Å². The number of benzene rings is 10. The van der Waals surface area contributed by atoms with Crippen LogP contribution in [0.15, 0.2) is 206 Å². The third-order valence-corrected chi connectivity index (χ3v) is 12.9. The molecule has 0 saturated carbocycles. The summed E-state index contributed by atoms with van der Waals surface area (Å²) in [6, 6.07) is 75.2. The van der Waals surface area contributed by atoms with Crippen LogP contribution in [0.3, 0.4) is 0 Å². The van der Waals surface area contributed by atoms with Gasteiger partial charge in [-0.1, -0.05) is 170 Å². The minimum atomic E-state index is 0.928. The number of imidazole rings is 1. The van der Waals surface area contributed by atoms with E-state index in [9.17, 15) is 0 Å². The van der Waals surface area contributed by atoms with E-state index < -0.39 is 0 Å². The van der Waals surface area contributed by atoms with Gasteiger partial charge in [0.05, 0.1) is 16.7 Å². The van der Waals surface area contributed by atoms with Crippen LogP contribution in [0.25, 0.3) is 114 Å². The topological polar surface area (TPSA) is 17.8 Å². The van der Waals surface area contributed by atoms with Crippen molar-refractivity contribution in [3.05, 3.63) is 206 Å². The Morgan fingerprint density at radius 1 is 0.379 bits per heavy atom. The van der Waals surface area contributed by atoms with Crippen molar-refractivity contribution in [2.45, 2.75) is 0 Å². The summed E-state index contributed by atoms with van der Waals surface area (Å²) in [5.74, 6) is 0.928. The predicted octanol–water partition coefficient (Wildman–Crippen LogP) is 15.5. The van der Waals surface area contributed by atoms with Gasteiger partial charge in [-0.15, -0.1) is 11.3 Å². The third kappa shape index (κ3) is 5.07. The summed E-state index contributed by atoms with van der Waals surface area (Å²) in [5.41, 5.74) is 11.7. The lowest BCUT2D eigenvalue weighted by Gasteiger charge is -2.19. The molecule has 0 unspecified atom stereocenters. The highest BCUT2D eigenvalue weighted by molar-refractivity contribution is 7.26. The van der Waals surface area contributed by atoms with Crippen LogP contribution < -0.4 is 0 Å². The summed E-state index contributed by atoms with van der Waals surface area (Å²) < 4.78 is 4.95. The molecule has 12 rings (SSSR count). The Morgan fingerprint density at radius 2 is 1.00 bits per heavy atom. The summed E-state index contributed by atoms with van der Waals surface area (Å²) >= 11 is 1.88. The Balaban J connectivity index is 1.11. The fourth-order valence-electron chi connectivity index (χ4n) is 9.23. The van der Waals surface area contributed by atoms with Crippen molar-refractivity contribution >= 4 is 74.9 Å². The van der Waals surface area contributed by atoms with Gasteiger partial charge in [-0.05, 0) is 96.7 Å². The number of rotatable bonds is 5. The molecular formula is C55H34N2S. The second-order valence-corrected chi connectivity index (χ2v) is 16.1. The Kier molecular flexibility index (Phi) is 7.44. The molecule has 0 atom stereocenters. The Morgan fingerprint density at radius 3 is 1.86 bits per heavy atom. The van der Waals surface area contributed by atoms with E-state index >= 15 is 0 Å². The van der Waals surface area contributed by atoms with Crippen molar-refractivity contribution in [2.75, 3.05) is 0 Å². The van der Waals surface area contributed by atoms with Crippen LogP contribution in [0, 0.1) is 0 Å². The molecule has 0 saturated heterocycles. The van der Waals surface area contributed by atoms with Gasteiger partial charge in [0.15, 0.2) is 0 Å². The van der Waals surface area contributed by atoms with Crippen molar-refractivity contribution in [1.82, 2.24) is 9.55 Å². The first-order chi connectivity index (χ1) is 28.8. The number of nitrogens with zero attached hydrogens (tertiary/aromatic N) is 2. The molecule has 0 spiro atoms. The van der Waals surface area contributed by atoms with Crippen molar-refractivity contribution in [2.24, 2.45) is 0 Å². The SMILES string of the molecule is c1ccc(-c2ccc3c(-c4ccc(-c5nc6ccccc6n5-c5cccc6ccccc56)cc4)c4ccccc4c(-c4cccc5sc6ccccc6c45)c3c2)cc1. The molecule has 0 aliphatic rings. The summed E-state index contributed by atoms with van der Waals surface area (Å²) in [6.45, 7) is 0. The maximum absolute atomic E-state index is 5.26. The van der Waals surface area contributed by atoms with Crippen molar-refractivity contribution in [3.8, 4) is 50.5 Å². The van der Waals surface area contributed by atoms with E-state index in [1.54, 1.807) is 0 Å². The van der Waals surface area contributed by atoms with E-state index in [1.807, 2.05) is 11.3 Å². The van der Waals surface area contributed by atoms with Gasteiger partial charge in [0.25, 0.3) is 0 Å². The maximum atomic E-state index is 5.26. The first-order valence-electron chi connectivity index (χ1n) is 19.8. The van der Waals surface area contributed by atoms with Crippen LogP contribution in [-0.2, 0) is 0 Å². The molecule has 0 fully saturated rings. The number of para-hydroxylation sites is 2. The van der Waals surface area contributed by atoms with Crippen molar-refractivity contribution < 1.29 is 0 Å². The smallest absolute Gasteiger partial charge is 0.145 e. The van der Waals surface area contributed by atoms with Gasteiger partial charge in [0.2, 0.25) is 0 Å². The fraction of sp³-hybridized carbons (Fsp3) is 0. The van der Waals surface area contributed by atoms with Crippen LogP contribution in [0.4, 0.5) is 0 Å². The molecule has 0 amide bonds. The average molecular weight is 755 g/mol. The highest BCUT2D eigenvalue weighted by Gasteiger charge is 2.21. The second kappa shape index (κ2) is 13.1. The van der Waals surface area contributed by atoms with Crippen molar-refractivity contribution in [1.29, 1.82) is 0 Å². The summed E-state index contributed by atoms with van der Waals surface area (Å²) in [5, 5.41) is 10.0. The highest BCUT2D eigenvalue weighted by Crippen LogP contribution is 2.49. The molecule has 2 heterocycles. The molecule has 10 aromatic carbocycles. The number of hydrogen-bond acceptors (Lipinski definition) is 2. The normalized spacial score (nSPS) is 11.8. The van der Waals surface area contributed by atoms with Crippen LogP contribution in [0.2, 0.25) is 0 Å². The molecule has 0 aliphatic heterocycles. The Bertz CT molecular complexity index is 3550.